The molecule has 29 heavy (non-hydrogen) atoms. The summed E-state index contributed by atoms with van der Waals surface area (Å²) in [4.78, 5) is 21.5. The Morgan fingerprint density at radius 1 is 1.21 bits per heavy atom. The third-order valence-corrected chi connectivity index (χ3v) is 4.14. The summed E-state index contributed by atoms with van der Waals surface area (Å²) in [6.07, 6.45) is 3.90. The molecule has 0 aliphatic rings. The van der Waals surface area contributed by atoms with Gasteiger partial charge in [-0.25, -0.2) is 4.79 Å². The molecule has 1 aromatic heterocycles. The van der Waals surface area contributed by atoms with Crippen LogP contribution in [-0.4, -0.2) is 29.1 Å². The van der Waals surface area contributed by atoms with E-state index in [1.165, 1.54) is 13.4 Å². The first-order valence-electron chi connectivity index (χ1n) is 9.41. The van der Waals surface area contributed by atoms with Gasteiger partial charge in [-0.3, -0.25) is 4.98 Å². The van der Waals surface area contributed by atoms with Gasteiger partial charge in [0.1, 0.15) is 12.2 Å². The van der Waals surface area contributed by atoms with Crippen molar-refractivity contribution in [1.29, 1.82) is 0 Å². The smallest absolute Gasteiger partial charge is 0.339 e. The van der Waals surface area contributed by atoms with Crippen molar-refractivity contribution in [2.75, 3.05) is 7.11 Å². The lowest BCUT2D eigenvalue weighted by molar-refractivity contribution is -0.130. The SMILES string of the molecule is CCC(=NOC(CC)c1ccccn1)OCc1ccccc1C(=COC)C(=O)O. The van der Waals surface area contributed by atoms with Gasteiger partial charge in [-0.1, -0.05) is 49.3 Å². The van der Waals surface area contributed by atoms with Gasteiger partial charge in [0.2, 0.25) is 5.90 Å². The molecule has 1 unspecified atom stereocenters. The fraction of sp³-hybridized carbons (Fsp3) is 0.318. The molecule has 0 aliphatic carbocycles. The molecule has 0 radical (unpaired) electrons. The molecular formula is C22H26N2O5. The van der Waals surface area contributed by atoms with E-state index < -0.39 is 5.97 Å². The van der Waals surface area contributed by atoms with Gasteiger partial charge in [-0.15, -0.1) is 0 Å². The number of aromatic nitrogens is 1. The van der Waals surface area contributed by atoms with E-state index in [0.29, 0.717) is 29.9 Å². The molecular weight excluding hydrogens is 372 g/mol. The maximum atomic E-state index is 11.5. The van der Waals surface area contributed by atoms with Crippen LogP contribution in [0, 0.1) is 0 Å². The number of rotatable bonds is 10. The summed E-state index contributed by atoms with van der Waals surface area (Å²) in [5.74, 6) is -0.657. The number of aliphatic carboxylic acids is 1. The molecule has 1 atom stereocenters. The average Bonchev–Trinajstić information content (AvgIpc) is 2.75. The number of carbonyl (C=O) groups is 1. The molecule has 0 spiro atoms. The van der Waals surface area contributed by atoms with Crippen molar-refractivity contribution >= 4 is 17.4 Å². The van der Waals surface area contributed by atoms with Crippen molar-refractivity contribution in [3.05, 3.63) is 71.7 Å². The van der Waals surface area contributed by atoms with Crippen LogP contribution in [0.2, 0.25) is 0 Å². The van der Waals surface area contributed by atoms with Crippen molar-refractivity contribution in [3.63, 3.8) is 0 Å². The van der Waals surface area contributed by atoms with E-state index in [0.717, 1.165) is 5.69 Å². The van der Waals surface area contributed by atoms with Crippen molar-refractivity contribution in [3.8, 4) is 0 Å². The van der Waals surface area contributed by atoms with E-state index in [4.69, 9.17) is 14.3 Å². The van der Waals surface area contributed by atoms with E-state index in [1.807, 2.05) is 38.1 Å². The van der Waals surface area contributed by atoms with Gasteiger partial charge in [0.05, 0.1) is 19.1 Å². The summed E-state index contributed by atoms with van der Waals surface area (Å²) < 4.78 is 10.7. The second-order valence-corrected chi connectivity index (χ2v) is 6.11. The lowest BCUT2D eigenvalue weighted by Gasteiger charge is -2.15. The van der Waals surface area contributed by atoms with Gasteiger partial charge >= 0.3 is 5.97 Å². The first kappa shape index (κ1) is 21.9. The van der Waals surface area contributed by atoms with Gasteiger partial charge in [-0.2, -0.15) is 0 Å². The Bertz CT molecular complexity index is 849. The fourth-order valence-electron chi connectivity index (χ4n) is 2.64. The highest BCUT2D eigenvalue weighted by Crippen LogP contribution is 2.22. The standard InChI is InChI=1S/C22H26N2O5/c1-4-20(19-12-8-9-13-23-19)29-24-21(5-2)28-14-16-10-6-7-11-17(16)18(15-27-3)22(25)26/h6-13,15,20H,4-5,14H2,1-3H3,(H,25,26). The van der Waals surface area contributed by atoms with Crippen LogP contribution < -0.4 is 0 Å². The van der Waals surface area contributed by atoms with Crippen LogP contribution in [-0.2, 0) is 25.7 Å². The Balaban J connectivity index is 2.12. The maximum absolute atomic E-state index is 11.5. The number of hydrogen-bond acceptors (Lipinski definition) is 6. The number of ether oxygens (including phenoxy) is 2. The van der Waals surface area contributed by atoms with Gasteiger partial charge in [0.25, 0.3) is 0 Å². The number of hydrogen-bond donors (Lipinski definition) is 1. The Kier molecular flexibility index (Phi) is 8.69. The summed E-state index contributed by atoms with van der Waals surface area (Å²) >= 11 is 0. The number of pyridine rings is 1. The summed E-state index contributed by atoms with van der Waals surface area (Å²) in [5.41, 5.74) is 2.09. The Labute approximate surface area is 170 Å². The van der Waals surface area contributed by atoms with Gasteiger partial charge in [0.15, 0.2) is 6.10 Å². The first-order valence-corrected chi connectivity index (χ1v) is 9.41. The normalized spacial score (nSPS) is 12.9. The van der Waals surface area contributed by atoms with Crippen LogP contribution in [0.5, 0.6) is 0 Å². The van der Waals surface area contributed by atoms with E-state index in [1.54, 1.807) is 24.4 Å². The second kappa shape index (κ2) is 11.5. The molecule has 0 aliphatic heterocycles. The largest absolute Gasteiger partial charge is 0.503 e. The highest BCUT2D eigenvalue weighted by atomic mass is 16.7. The van der Waals surface area contributed by atoms with Crippen LogP contribution in [0.25, 0.3) is 5.57 Å². The highest BCUT2D eigenvalue weighted by molar-refractivity contribution is 6.15. The molecule has 0 fully saturated rings. The minimum absolute atomic E-state index is 0.0548. The monoisotopic (exact) mass is 398 g/mol. The highest BCUT2D eigenvalue weighted by Gasteiger charge is 2.16. The lowest BCUT2D eigenvalue weighted by atomic mass is 10.0. The Morgan fingerprint density at radius 2 is 1.97 bits per heavy atom. The van der Waals surface area contributed by atoms with Crippen molar-refractivity contribution in [2.45, 2.75) is 39.4 Å². The van der Waals surface area contributed by atoms with Crippen LogP contribution in [0.1, 0.15) is 49.6 Å². The lowest BCUT2D eigenvalue weighted by Crippen LogP contribution is -2.10. The van der Waals surface area contributed by atoms with E-state index in [-0.39, 0.29) is 18.3 Å². The van der Waals surface area contributed by atoms with Crippen LogP contribution >= 0.6 is 0 Å². The molecule has 7 heteroatoms. The molecule has 0 bridgehead atoms. The van der Waals surface area contributed by atoms with E-state index >= 15 is 0 Å². The minimum Gasteiger partial charge on any atom is -0.503 e. The van der Waals surface area contributed by atoms with Gasteiger partial charge in [-0.05, 0) is 29.7 Å². The summed E-state index contributed by atoms with van der Waals surface area (Å²) in [6, 6.07) is 12.7. The maximum Gasteiger partial charge on any atom is 0.339 e. The third-order valence-electron chi connectivity index (χ3n) is 4.14. The average molecular weight is 398 g/mol. The Morgan fingerprint density at radius 3 is 2.59 bits per heavy atom. The number of nitrogens with zero attached hydrogens (tertiary/aromatic N) is 2. The number of benzene rings is 1. The summed E-state index contributed by atoms with van der Waals surface area (Å²) in [7, 11) is 1.41. The zero-order chi connectivity index (χ0) is 21.1. The molecule has 1 aromatic carbocycles. The zero-order valence-electron chi connectivity index (χ0n) is 16.9. The summed E-state index contributed by atoms with van der Waals surface area (Å²) in [5, 5.41) is 13.6. The van der Waals surface area contributed by atoms with Crippen molar-refractivity contribution in [2.24, 2.45) is 5.16 Å². The van der Waals surface area contributed by atoms with Crippen molar-refractivity contribution < 1.29 is 24.2 Å². The molecule has 1 heterocycles. The quantitative estimate of drug-likeness (QED) is 0.207. The number of carboxylic acids is 1. The van der Waals surface area contributed by atoms with Crippen molar-refractivity contribution in [1.82, 2.24) is 4.98 Å². The van der Waals surface area contributed by atoms with E-state index in [2.05, 4.69) is 10.1 Å². The molecule has 2 rings (SSSR count). The number of oxime groups is 1. The molecule has 1 N–H and O–H groups in total. The predicted octanol–water partition coefficient (Wildman–Crippen LogP) is 4.56. The minimum atomic E-state index is -1.08. The predicted molar refractivity (Wildman–Crippen MR) is 110 cm³/mol. The number of methoxy groups -OCH3 is 1. The molecule has 7 nitrogen and oxygen atoms in total. The summed E-state index contributed by atoms with van der Waals surface area (Å²) in [6.45, 7) is 4.05. The molecule has 0 saturated carbocycles. The second-order valence-electron chi connectivity index (χ2n) is 6.11. The topological polar surface area (TPSA) is 90.2 Å². The first-order chi connectivity index (χ1) is 14.1. The number of carboxylic acid groups (broad SMARTS) is 1. The zero-order valence-corrected chi connectivity index (χ0v) is 16.9. The van der Waals surface area contributed by atoms with Gasteiger partial charge in [0, 0.05) is 12.6 Å². The third kappa shape index (κ3) is 6.34. The van der Waals surface area contributed by atoms with Gasteiger partial charge < -0.3 is 19.4 Å². The Hall–Kier alpha value is -3.35. The molecule has 0 saturated heterocycles. The fourth-order valence-corrected chi connectivity index (χ4v) is 2.64. The van der Waals surface area contributed by atoms with Crippen LogP contribution in [0.4, 0.5) is 0 Å². The molecule has 0 amide bonds. The molecule has 2 aromatic rings. The van der Waals surface area contributed by atoms with Crippen LogP contribution in [0.15, 0.2) is 60.1 Å². The molecule has 154 valence electrons. The van der Waals surface area contributed by atoms with Crippen LogP contribution in [0.3, 0.4) is 0 Å². The van der Waals surface area contributed by atoms with E-state index in [9.17, 15) is 9.90 Å².